The van der Waals surface area contributed by atoms with Gasteiger partial charge in [-0.2, -0.15) is 11.8 Å². The molecular formula is C13H19NO2S2. The highest BCUT2D eigenvalue weighted by Gasteiger charge is 2.25. The van der Waals surface area contributed by atoms with Crippen molar-refractivity contribution in [3.8, 4) is 0 Å². The van der Waals surface area contributed by atoms with Crippen LogP contribution in [-0.4, -0.2) is 28.6 Å². The molecule has 1 heterocycles. The predicted octanol–water partition coefficient (Wildman–Crippen LogP) is 2.75. The molecule has 1 aliphatic carbocycles. The zero-order valence-corrected chi connectivity index (χ0v) is 12.1. The van der Waals surface area contributed by atoms with Crippen molar-refractivity contribution in [2.45, 2.75) is 43.5 Å². The smallest absolute Gasteiger partial charge is 0.308 e. The largest absolute Gasteiger partial charge is 0.481 e. The number of carboxylic acids is 1. The van der Waals surface area contributed by atoms with Crippen LogP contribution in [0.4, 0.5) is 0 Å². The van der Waals surface area contributed by atoms with Gasteiger partial charge in [-0.3, -0.25) is 4.79 Å². The summed E-state index contributed by atoms with van der Waals surface area (Å²) in [6.45, 7) is 0.867. The van der Waals surface area contributed by atoms with E-state index in [-0.39, 0.29) is 6.42 Å². The highest BCUT2D eigenvalue weighted by atomic mass is 32.2. The molecule has 0 spiro atoms. The molecule has 0 radical (unpaired) electrons. The average Bonchev–Trinajstić information content (AvgIpc) is 2.93. The number of carbonyl (C=O) groups is 1. The molecule has 1 aromatic rings. The normalized spacial score (nSPS) is 23.4. The van der Waals surface area contributed by atoms with Crippen LogP contribution in [0.5, 0.6) is 0 Å². The van der Waals surface area contributed by atoms with Gasteiger partial charge in [-0.25, -0.2) is 0 Å². The number of aliphatic carboxylic acids is 1. The van der Waals surface area contributed by atoms with Gasteiger partial charge in [0.2, 0.25) is 0 Å². The van der Waals surface area contributed by atoms with Crippen LogP contribution in [0, 0.1) is 0 Å². The van der Waals surface area contributed by atoms with Crippen molar-refractivity contribution in [2.24, 2.45) is 0 Å². The molecule has 3 nitrogen and oxygen atoms in total. The zero-order chi connectivity index (χ0) is 13.0. The van der Waals surface area contributed by atoms with E-state index in [0.717, 1.165) is 16.7 Å². The summed E-state index contributed by atoms with van der Waals surface area (Å²) in [6, 6.07) is 4.58. The van der Waals surface area contributed by atoms with Crippen LogP contribution in [0.15, 0.2) is 12.1 Å². The van der Waals surface area contributed by atoms with Crippen LogP contribution in [0.1, 0.15) is 29.0 Å². The predicted molar refractivity (Wildman–Crippen MR) is 77.4 cm³/mol. The van der Waals surface area contributed by atoms with Crippen LogP contribution in [0.25, 0.3) is 0 Å². The lowest BCUT2D eigenvalue weighted by Crippen LogP contribution is -2.33. The Kier molecular flexibility index (Phi) is 5.09. The molecule has 0 bridgehead atoms. The van der Waals surface area contributed by atoms with Gasteiger partial charge in [0.15, 0.2) is 0 Å². The highest BCUT2D eigenvalue weighted by Crippen LogP contribution is 2.29. The number of hydrogen-bond acceptors (Lipinski definition) is 4. The zero-order valence-electron chi connectivity index (χ0n) is 10.5. The second-order valence-corrected chi connectivity index (χ2v) is 6.96. The standard InChI is InChI=1S/C13H19NO2S2/c1-17-12-4-2-3-11(12)14-8-10-6-5-9(18-10)7-13(15)16/h5-6,11-12,14H,2-4,7-8H2,1H3,(H,15,16). The molecular weight excluding hydrogens is 266 g/mol. The monoisotopic (exact) mass is 285 g/mol. The highest BCUT2D eigenvalue weighted by molar-refractivity contribution is 7.99. The van der Waals surface area contributed by atoms with Crippen molar-refractivity contribution in [1.29, 1.82) is 0 Å². The summed E-state index contributed by atoms with van der Waals surface area (Å²) in [4.78, 5) is 12.8. The summed E-state index contributed by atoms with van der Waals surface area (Å²) in [5.74, 6) is -0.755. The van der Waals surface area contributed by atoms with Crippen LogP contribution < -0.4 is 5.32 Å². The van der Waals surface area contributed by atoms with Gasteiger partial charge in [0.1, 0.15) is 0 Å². The number of hydrogen-bond donors (Lipinski definition) is 2. The lowest BCUT2D eigenvalue weighted by atomic mass is 10.2. The third kappa shape index (κ3) is 3.73. The van der Waals surface area contributed by atoms with Crippen molar-refractivity contribution in [3.05, 3.63) is 21.9 Å². The molecule has 2 atom stereocenters. The van der Waals surface area contributed by atoms with Crippen molar-refractivity contribution in [1.82, 2.24) is 5.32 Å². The van der Waals surface area contributed by atoms with Gasteiger partial charge in [0.05, 0.1) is 6.42 Å². The summed E-state index contributed by atoms with van der Waals surface area (Å²) in [5, 5.41) is 13.1. The molecule has 5 heteroatoms. The maximum absolute atomic E-state index is 10.6. The van der Waals surface area contributed by atoms with Crippen LogP contribution >= 0.6 is 23.1 Å². The molecule has 1 fully saturated rings. The van der Waals surface area contributed by atoms with Gasteiger partial charge < -0.3 is 10.4 Å². The summed E-state index contributed by atoms with van der Waals surface area (Å²) >= 11 is 3.56. The van der Waals surface area contributed by atoms with Gasteiger partial charge in [-0.1, -0.05) is 6.42 Å². The number of thioether (sulfide) groups is 1. The molecule has 1 saturated carbocycles. The molecule has 2 unspecified atom stereocenters. The lowest BCUT2D eigenvalue weighted by Gasteiger charge is -2.18. The fourth-order valence-corrected chi connectivity index (χ4v) is 4.36. The minimum absolute atomic E-state index is 0.140. The van der Waals surface area contributed by atoms with Gasteiger partial charge >= 0.3 is 5.97 Å². The van der Waals surface area contributed by atoms with Crippen molar-refractivity contribution < 1.29 is 9.90 Å². The number of carboxylic acid groups (broad SMARTS) is 1. The maximum atomic E-state index is 10.6. The van der Waals surface area contributed by atoms with E-state index in [1.807, 2.05) is 23.9 Å². The summed E-state index contributed by atoms with van der Waals surface area (Å²) in [7, 11) is 0. The summed E-state index contributed by atoms with van der Waals surface area (Å²) in [6.07, 6.45) is 6.21. The number of nitrogens with one attached hydrogen (secondary N) is 1. The quantitative estimate of drug-likeness (QED) is 0.844. The minimum Gasteiger partial charge on any atom is -0.481 e. The fraction of sp³-hybridized carbons (Fsp3) is 0.615. The lowest BCUT2D eigenvalue weighted by molar-refractivity contribution is -0.136. The van der Waals surface area contributed by atoms with Gasteiger partial charge in [0, 0.05) is 27.6 Å². The van der Waals surface area contributed by atoms with Gasteiger partial charge in [-0.05, 0) is 31.2 Å². The molecule has 2 rings (SSSR count). The van der Waals surface area contributed by atoms with E-state index < -0.39 is 5.97 Å². The second-order valence-electron chi connectivity index (χ2n) is 4.63. The molecule has 100 valence electrons. The van der Waals surface area contributed by atoms with Gasteiger partial charge in [0.25, 0.3) is 0 Å². The molecule has 0 saturated heterocycles. The van der Waals surface area contributed by atoms with Crippen LogP contribution in [-0.2, 0) is 17.8 Å². The Balaban J connectivity index is 1.82. The van der Waals surface area contributed by atoms with Crippen LogP contribution in [0.2, 0.25) is 0 Å². The molecule has 1 aromatic heterocycles. The fourth-order valence-electron chi connectivity index (χ4n) is 2.43. The first-order chi connectivity index (χ1) is 8.69. The molecule has 0 amide bonds. The Morgan fingerprint density at radius 1 is 1.50 bits per heavy atom. The van der Waals surface area contributed by atoms with Crippen molar-refractivity contribution in [3.63, 3.8) is 0 Å². The summed E-state index contributed by atoms with van der Waals surface area (Å²) in [5.41, 5.74) is 0. The van der Waals surface area contributed by atoms with E-state index >= 15 is 0 Å². The van der Waals surface area contributed by atoms with E-state index in [9.17, 15) is 4.79 Å². The number of rotatable bonds is 6. The molecule has 2 N–H and O–H groups in total. The third-order valence-corrected chi connectivity index (χ3v) is 5.59. The molecule has 0 aromatic carbocycles. The Bertz CT molecular complexity index is 405. The Morgan fingerprint density at radius 2 is 2.28 bits per heavy atom. The van der Waals surface area contributed by atoms with Gasteiger partial charge in [-0.15, -0.1) is 11.3 Å². The first-order valence-corrected chi connectivity index (χ1v) is 8.35. The first-order valence-electron chi connectivity index (χ1n) is 6.24. The molecule has 18 heavy (non-hydrogen) atoms. The topological polar surface area (TPSA) is 49.3 Å². The summed E-state index contributed by atoms with van der Waals surface area (Å²) < 4.78 is 0. The minimum atomic E-state index is -0.755. The van der Waals surface area contributed by atoms with Crippen molar-refractivity contribution >= 4 is 29.1 Å². The second kappa shape index (κ2) is 6.59. The Morgan fingerprint density at radius 3 is 3.00 bits per heavy atom. The third-order valence-electron chi connectivity index (χ3n) is 3.34. The molecule has 0 aliphatic heterocycles. The van der Waals surface area contributed by atoms with E-state index in [1.54, 1.807) is 11.3 Å². The van der Waals surface area contributed by atoms with E-state index in [4.69, 9.17) is 5.11 Å². The Labute approximate surface area is 116 Å². The average molecular weight is 285 g/mol. The SMILES string of the molecule is CSC1CCCC1NCc1ccc(CC(=O)O)s1. The van der Waals surface area contributed by atoms with E-state index in [0.29, 0.717) is 6.04 Å². The van der Waals surface area contributed by atoms with E-state index in [2.05, 4.69) is 11.6 Å². The van der Waals surface area contributed by atoms with Crippen molar-refractivity contribution in [2.75, 3.05) is 6.26 Å². The number of thiophene rings is 1. The van der Waals surface area contributed by atoms with Crippen LogP contribution in [0.3, 0.4) is 0 Å². The maximum Gasteiger partial charge on any atom is 0.308 e. The van der Waals surface area contributed by atoms with E-state index in [1.165, 1.54) is 24.1 Å². The first kappa shape index (κ1) is 13.9. The Hall–Kier alpha value is -0.520. The molecule has 1 aliphatic rings.